The normalized spacial score (nSPS) is 11.7. The van der Waals surface area contributed by atoms with Crippen LogP contribution >= 0.6 is 0 Å². The fourth-order valence-electron chi connectivity index (χ4n) is 2.68. The molecule has 3 aromatic rings. The summed E-state index contributed by atoms with van der Waals surface area (Å²) in [6, 6.07) is 6.99. The number of halogens is 2. The molecule has 0 aliphatic carbocycles. The molecule has 130 valence electrons. The average Bonchev–Trinajstić information content (AvgIpc) is 3.01. The van der Waals surface area contributed by atoms with E-state index >= 15 is 0 Å². The Hall–Kier alpha value is -3.03. The molecule has 0 aliphatic heterocycles. The third kappa shape index (κ3) is 2.90. The zero-order valence-electron chi connectivity index (χ0n) is 13.7. The number of pyridine rings is 1. The molecule has 2 aromatic heterocycles. The number of hydrogen-bond donors (Lipinski definition) is 1. The van der Waals surface area contributed by atoms with Gasteiger partial charge >= 0.3 is 5.97 Å². The second kappa shape index (κ2) is 6.12. The fraction of sp³-hybridized carbons (Fsp3) is 0.235. The number of ether oxygens (including phenoxy) is 1. The van der Waals surface area contributed by atoms with E-state index in [-0.39, 0.29) is 18.0 Å². The van der Waals surface area contributed by atoms with Crippen LogP contribution in [-0.2, 0) is 10.7 Å². The fourth-order valence-corrected chi connectivity index (χ4v) is 2.68. The van der Waals surface area contributed by atoms with E-state index in [2.05, 4.69) is 10.1 Å². The van der Waals surface area contributed by atoms with E-state index < -0.39 is 17.6 Å². The summed E-state index contributed by atoms with van der Waals surface area (Å²) in [4.78, 5) is 16.1. The van der Waals surface area contributed by atoms with Crippen molar-refractivity contribution >= 4 is 22.6 Å². The summed E-state index contributed by atoms with van der Waals surface area (Å²) in [6.45, 7) is 2.38. The van der Waals surface area contributed by atoms with Gasteiger partial charge in [0.25, 0.3) is 5.92 Å². The minimum Gasteiger partial charge on any atom is -0.462 e. The van der Waals surface area contributed by atoms with Crippen molar-refractivity contribution in [2.24, 2.45) is 0 Å². The first-order chi connectivity index (χ1) is 11.8. The first-order valence-corrected chi connectivity index (χ1v) is 7.61. The highest BCUT2D eigenvalue weighted by atomic mass is 19.3. The SMILES string of the molecule is CCOC(=O)c1cnn(-c2cnc(N)c3ccccc23)c1C(C)(F)F. The van der Waals surface area contributed by atoms with Gasteiger partial charge in [0, 0.05) is 17.7 Å². The van der Waals surface area contributed by atoms with Crippen molar-refractivity contribution in [1.29, 1.82) is 0 Å². The molecule has 0 saturated carbocycles. The number of nitrogens with two attached hydrogens (primary N) is 1. The van der Waals surface area contributed by atoms with Crippen molar-refractivity contribution in [3.8, 4) is 5.69 Å². The molecule has 0 radical (unpaired) electrons. The van der Waals surface area contributed by atoms with Gasteiger partial charge in [-0.1, -0.05) is 24.3 Å². The second-order valence-corrected chi connectivity index (χ2v) is 5.50. The van der Waals surface area contributed by atoms with E-state index in [4.69, 9.17) is 10.5 Å². The first-order valence-electron chi connectivity index (χ1n) is 7.61. The lowest BCUT2D eigenvalue weighted by molar-refractivity contribution is 0.00756. The first kappa shape index (κ1) is 16.8. The molecule has 0 fully saturated rings. The van der Waals surface area contributed by atoms with Gasteiger partial charge < -0.3 is 10.5 Å². The van der Waals surface area contributed by atoms with Crippen LogP contribution in [0.4, 0.5) is 14.6 Å². The molecule has 0 saturated heterocycles. The van der Waals surface area contributed by atoms with Crippen LogP contribution in [0.5, 0.6) is 0 Å². The van der Waals surface area contributed by atoms with Gasteiger partial charge in [-0.15, -0.1) is 0 Å². The standard InChI is InChI=1S/C17H16F2N4O2/c1-3-25-16(24)12-8-22-23(14(12)17(2,18)19)13-9-21-15(20)11-7-5-4-6-10(11)13/h4-9H,3H2,1-2H3,(H2,20,21). The molecule has 2 heterocycles. The summed E-state index contributed by atoms with van der Waals surface area (Å²) >= 11 is 0. The van der Waals surface area contributed by atoms with Crippen LogP contribution in [-0.4, -0.2) is 27.3 Å². The van der Waals surface area contributed by atoms with E-state index in [9.17, 15) is 13.6 Å². The summed E-state index contributed by atoms with van der Waals surface area (Å²) in [6.07, 6.45) is 2.44. The van der Waals surface area contributed by atoms with Gasteiger partial charge in [0.2, 0.25) is 0 Å². The van der Waals surface area contributed by atoms with Gasteiger partial charge in [-0.2, -0.15) is 13.9 Å². The van der Waals surface area contributed by atoms with Crippen LogP contribution in [0.2, 0.25) is 0 Å². The lowest BCUT2D eigenvalue weighted by atomic mass is 10.1. The summed E-state index contributed by atoms with van der Waals surface area (Å²) in [7, 11) is 0. The number of carbonyl (C=O) groups is 1. The smallest absolute Gasteiger partial charge is 0.341 e. The Morgan fingerprint density at radius 1 is 1.28 bits per heavy atom. The predicted molar refractivity (Wildman–Crippen MR) is 88.8 cm³/mol. The molecule has 0 aliphatic rings. The van der Waals surface area contributed by atoms with Gasteiger partial charge in [-0.25, -0.2) is 14.5 Å². The number of nitrogen functional groups attached to an aromatic ring is 1. The third-order valence-electron chi connectivity index (χ3n) is 3.71. The van der Waals surface area contributed by atoms with E-state index in [0.29, 0.717) is 23.4 Å². The van der Waals surface area contributed by atoms with Gasteiger partial charge in [-0.3, -0.25) is 0 Å². The molecule has 6 nitrogen and oxygen atoms in total. The number of esters is 1. The maximum Gasteiger partial charge on any atom is 0.341 e. The predicted octanol–water partition coefficient (Wildman–Crippen LogP) is 3.29. The molecule has 25 heavy (non-hydrogen) atoms. The van der Waals surface area contributed by atoms with E-state index in [1.165, 1.54) is 6.20 Å². The van der Waals surface area contributed by atoms with Gasteiger partial charge in [0.05, 0.1) is 24.7 Å². The summed E-state index contributed by atoms with van der Waals surface area (Å²) < 4.78 is 34.4. The maximum absolute atomic E-state index is 14.3. The van der Waals surface area contributed by atoms with Crippen LogP contribution in [0, 0.1) is 0 Å². The molecule has 0 spiro atoms. The van der Waals surface area contributed by atoms with E-state index in [0.717, 1.165) is 10.9 Å². The highest BCUT2D eigenvalue weighted by Gasteiger charge is 2.36. The Labute approximate surface area is 142 Å². The topological polar surface area (TPSA) is 83.0 Å². The lowest BCUT2D eigenvalue weighted by Crippen LogP contribution is -2.20. The van der Waals surface area contributed by atoms with Crippen molar-refractivity contribution in [3.05, 3.63) is 47.9 Å². The summed E-state index contributed by atoms with van der Waals surface area (Å²) in [5, 5.41) is 5.20. The van der Waals surface area contributed by atoms with Crippen molar-refractivity contribution in [2.45, 2.75) is 19.8 Å². The summed E-state index contributed by atoms with van der Waals surface area (Å²) in [5.41, 5.74) is 5.32. The average molecular weight is 346 g/mol. The number of rotatable bonds is 4. The highest BCUT2D eigenvalue weighted by Crippen LogP contribution is 2.34. The molecular weight excluding hydrogens is 330 g/mol. The van der Waals surface area contributed by atoms with Crippen molar-refractivity contribution in [1.82, 2.24) is 14.8 Å². The second-order valence-electron chi connectivity index (χ2n) is 5.50. The Morgan fingerprint density at radius 2 is 1.96 bits per heavy atom. The lowest BCUT2D eigenvalue weighted by Gasteiger charge is -2.16. The molecule has 2 N–H and O–H groups in total. The monoisotopic (exact) mass is 346 g/mol. The van der Waals surface area contributed by atoms with Crippen LogP contribution in [0.1, 0.15) is 29.9 Å². The van der Waals surface area contributed by atoms with E-state index in [1.807, 2.05) is 0 Å². The van der Waals surface area contributed by atoms with Gasteiger partial charge in [0.1, 0.15) is 17.1 Å². The molecular formula is C17H16F2N4O2. The minimum absolute atomic E-state index is 0.0745. The molecule has 8 heteroatoms. The van der Waals surface area contributed by atoms with E-state index in [1.54, 1.807) is 31.2 Å². The van der Waals surface area contributed by atoms with Crippen LogP contribution in [0.15, 0.2) is 36.7 Å². The Morgan fingerprint density at radius 3 is 2.60 bits per heavy atom. The quantitative estimate of drug-likeness (QED) is 0.733. The minimum atomic E-state index is -3.32. The number of carbonyl (C=O) groups excluding carboxylic acids is 1. The number of benzene rings is 1. The Balaban J connectivity index is 2.29. The number of fused-ring (bicyclic) bond motifs is 1. The Kier molecular flexibility index (Phi) is 4.12. The van der Waals surface area contributed by atoms with Crippen LogP contribution in [0.3, 0.4) is 0 Å². The van der Waals surface area contributed by atoms with Gasteiger partial charge in [0.15, 0.2) is 0 Å². The molecule has 1 aromatic carbocycles. The van der Waals surface area contributed by atoms with Gasteiger partial charge in [-0.05, 0) is 6.92 Å². The van der Waals surface area contributed by atoms with Crippen molar-refractivity contribution in [3.63, 3.8) is 0 Å². The van der Waals surface area contributed by atoms with Crippen LogP contribution in [0.25, 0.3) is 16.5 Å². The number of alkyl halides is 2. The third-order valence-corrected chi connectivity index (χ3v) is 3.71. The maximum atomic E-state index is 14.3. The molecule has 0 unspecified atom stereocenters. The molecule has 0 amide bonds. The van der Waals surface area contributed by atoms with Crippen LogP contribution < -0.4 is 5.73 Å². The highest BCUT2D eigenvalue weighted by molar-refractivity contribution is 5.97. The number of anilines is 1. The number of aromatic nitrogens is 3. The number of nitrogens with zero attached hydrogens (tertiary/aromatic N) is 3. The largest absolute Gasteiger partial charge is 0.462 e. The van der Waals surface area contributed by atoms with Crippen molar-refractivity contribution in [2.75, 3.05) is 12.3 Å². The number of hydrogen-bond acceptors (Lipinski definition) is 5. The zero-order chi connectivity index (χ0) is 18.2. The Bertz CT molecular complexity index is 947. The molecule has 0 atom stereocenters. The summed E-state index contributed by atoms with van der Waals surface area (Å²) in [5.74, 6) is -3.89. The zero-order valence-corrected chi connectivity index (χ0v) is 13.7. The molecule has 0 bridgehead atoms. The molecule has 3 rings (SSSR count). The van der Waals surface area contributed by atoms with Crippen molar-refractivity contribution < 1.29 is 18.3 Å².